The Labute approximate surface area is 79.5 Å². The summed E-state index contributed by atoms with van der Waals surface area (Å²) in [5, 5.41) is 0. The molecule has 3 heteroatoms. The number of ether oxygens (including phenoxy) is 1. The van der Waals surface area contributed by atoms with Crippen LogP contribution in [-0.2, 0) is 14.3 Å². The quantitative estimate of drug-likeness (QED) is 0.345. The van der Waals surface area contributed by atoms with Gasteiger partial charge in [-0.1, -0.05) is 26.2 Å². The van der Waals surface area contributed by atoms with Crippen molar-refractivity contribution in [3.63, 3.8) is 0 Å². The molecule has 0 atom stereocenters. The van der Waals surface area contributed by atoms with Crippen LogP contribution in [0.2, 0.25) is 0 Å². The van der Waals surface area contributed by atoms with Crippen LogP contribution in [-0.4, -0.2) is 18.4 Å². The van der Waals surface area contributed by atoms with Gasteiger partial charge in [0, 0.05) is 0 Å². The van der Waals surface area contributed by atoms with Gasteiger partial charge < -0.3 is 4.74 Å². The Balaban J connectivity index is 3.22. The molecule has 0 aliphatic carbocycles. The van der Waals surface area contributed by atoms with E-state index >= 15 is 0 Å². The third kappa shape index (κ3) is 9.05. The lowest BCUT2D eigenvalue weighted by molar-refractivity contribution is -0.140. The molecule has 0 N–H and O–H groups in total. The first kappa shape index (κ1) is 12.1. The highest BCUT2D eigenvalue weighted by Crippen LogP contribution is 1.99. The second-order valence-electron chi connectivity index (χ2n) is 2.98. The lowest BCUT2D eigenvalue weighted by Gasteiger charge is -2.01. The molecule has 0 spiro atoms. The third-order valence-electron chi connectivity index (χ3n) is 1.56. The maximum Gasteiger partial charge on any atom is 0.317 e. The van der Waals surface area contributed by atoms with Crippen LogP contribution in [0.4, 0.5) is 0 Å². The molecule has 0 rings (SSSR count). The molecule has 3 nitrogen and oxygen atoms in total. The molecule has 0 amide bonds. The molecule has 13 heavy (non-hydrogen) atoms. The highest BCUT2D eigenvalue weighted by atomic mass is 16.5. The van der Waals surface area contributed by atoms with E-state index in [4.69, 9.17) is 4.74 Å². The summed E-state index contributed by atoms with van der Waals surface area (Å²) >= 11 is 0. The van der Waals surface area contributed by atoms with Crippen molar-refractivity contribution in [3.8, 4) is 0 Å². The maximum atomic E-state index is 10.8. The normalized spacial score (nSPS) is 9.69. The third-order valence-corrected chi connectivity index (χ3v) is 1.56. The summed E-state index contributed by atoms with van der Waals surface area (Å²) in [7, 11) is 0. The van der Waals surface area contributed by atoms with E-state index in [1.54, 1.807) is 0 Å². The Morgan fingerprint density at radius 1 is 1.23 bits per heavy atom. The summed E-state index contributed by atoms with van der Waals surface area (Å²) < 4.78 is 4.78. The molecule has 1 radical (unpaired) electrons. The van der Waals surface area contributed by atoms with Crippen molar-refractivity contribution in [2.75, 3.05) is 6.61 Å². The van der Waals surface area contributed by atoms with E-state index in [-0.39, 0.29) is 5.78 Å². The van der Waals surface area contributed by atoms with Crippen LogP contribution in [0.25, 0.3) is 0 Å². The first-order valence-corrected chi connectivity index (χ1v) is 4.69. The number of esters is 1. The minimum absolute atomic E-state index is 0.265. The zero-order chi connectivity index (χ0) is 10.1. The van der Waals surface area contributed by atoms with E-state index in [2.05, 4.69) is 6.92 Å². The van der Waals surface area contributed by atoms with Gasteiger partial charge in [-0.15, -0.1) is 0 Å². The van der Waals surface area contributed by atoms with Crippen LogP contribution in [0.3, 0.4) is 0 Å². The standard InChI is InChI=1S/C10H17O3/c1-3-4-5-6-7-13-10(12)8-9(2)11/h8H,3-7H2,1-2H3. The fourth-order valence-corrected chi connectivity index (χ4v) is 0.909. The van der Waals surface area contributed by atoms with Crippen molar-refractivity contribution >= 4 is 11.8 Å². The average Bonchev–Trinajstić information content (AvgIpc) is 2.02. The SMILES string of the molecule is CCCCCCOC(=O)[CH]C(C)=O. The Hall–Kier alpha value is -0.860. The van der Waals surface area contributed by atoms with Crippen molar-refractivity contribution in [2.45, 2.75) is 39.5 Å². The van der Waals surface area contributed by atoms with Gasteiger partial charge in [0.2, 0.25) is 0 Å². The monoisotopic (exact) mass is 185 g/mol. The Kier molecular flexibility index (Phi) is 7.26. The predicted octanol–water partition coefficient (Wildman–Crippen LogP) is 1.90. The highest BCUT2D eigenvalue weighted by Gasteiger charge is 2.05. The highest BCUT2D eigenvalue weighted by molar-refractivity contribution is 6.05. The molecule has 0 aliphatic heterocycles. The van der Waals surface area contributed by atoms with Crippen LogP contribution in [0.5, 0.6) is 0 Å². The van der Waals surface area contributed by atoms with E-state index in [1.165, 1.54) is 6.92 Å². The molecule has 0 aromatic rings. The molecule has 0 aromatic heterocycles. The minimum atomic E-state index is -0.524. The number of hydrogen-bond acceptors (Lipinski definition) is 3. The molecule has 0 aromatic carbocycles. The van der Waals surface area contributed by atoms with E-state index in [0.29, 0.717) is 6.61 Å². The Morgan fingerprint density at radius 3 is 2.46 bits per heavy atom. The Bertz CT molecular complexity index is 164. The van der Waals surface area contributed by atoms with Crippen LogP contribution < -0.4 is 0 Å². The van der Waals surface area contributed by atoms with Gasteiger partial charge in [0.25, 0.3) is 0 Å². The van der Waals surface area contributed by atoms with E-state index in [9.17, 15) is 9.59 Å². The van der Waals surface area contributed by atoms with Gasteiger partial charge in [-0.25, -0.2) is 0 Å². The van der Waals surface area contributed by atoms with Crippen molar-refractivity contribution < 1.29 is 14.3 Å². The minimum Gasteiger partial charge on any atom is -0.465 e. The smallest absolute Gasteiger partial charge is 0.317 e. The fraction of sp³-hybridized carbons (Fsp3) is 0.700. The number of carbonyl (C=O) groups is 2. The molecule has 75 valence electrons. The van der Waals surface area contributed by atoms with E-state index in [1.807, 2.05) is 0 Å². The molecular weight excluding hydrogens is 168 g/mol. The van der Waals surface area contributed by atoms with Gasteiger partial charge in [0.05, 0.1) is 6.61 Å². The van der Waals surface area contributed by atoms with Gasteiger partial charge >= 0.3 is 5.97 Å². The van der Waals surface area contributed by atoms with E-state index < -0.39 is 5.97 Å². The average molecular weight is 185 g/mol. The van der Waals surface area contributed by atoms with Crippen molar-refractivity contribution in [1.29, 1.82) is 0 Å². The van der Waals surface area contributed by atoms with Crippen LogP contribution >= 0.6 is 0 Å². The topological polar surface area (TPSA) is 43.4 Å². The van der Waals surface area contributed by atoms with Gasteiger partial charge in [-0.05, 0) is 13.3 Å². The summed E-state index contributed by atoms with van der Waals surface area (Å²) in [6, 6.07) is 0. The zero-order valence-electron chi connectivity index (χ0n) is 8.34. The second kappa shape index (κ2) is 7.77. The molecular formula is C10H17O3. The first-order chi connectivity index (χ1) is 6.16. The number of Topliss-reactive ketones (excluding diaryl/α,β-unsaturated/α-hetero) is 1. The van der Waals surface area contributed by atoms with Crippen molar-refractivity contribution in [1.82, 2.24) is 0 Å². The number of unbranched alkanes of at least 4 members (excludes halogenated alkanes) is 3. The molecule has 0 aliphatic rings. The van der Waals surface area contributed by atoms with E-state index in [0.717, 1.165) is 32.1 Å². The molecule has 0 saturated heterocycles. The molecule has 0 heterocycles. The lowest BCUT2D eigenvalue weighted by Crippen LogP contribution is -2.10. The van der Waals surface area contributed by atoms with Gasteiger partial charge in [0.1, 0.15) is 12.2 Å². The summed E-state index contributed by atoms with van der Waals surface area (Å²) in [6.45, 7) is 3.87. The molecule has 0 bridgehead atoms. The fourth-order valence-electron chi connectivity index (χ4n) is 0.909. The largest absolute Gasteiger partial charge is 0.465 e. The van der Waals surface area contributed by atoms with Gasteiger partial charge in [0.15, 0.2) is 0 Å². The number of ketones is 1. The van der Waals surface area contributed by atoms with Crippen LogP contribution in [0.1, 0.15) is 39.5 Å². The summed E-state index contributed by atoms with van der Waals surface area (Å²) in [5.74, 6) is -0.789. The lowest BCUT2D eigenvalue weighted by atomic mass is 10.2. The Morgan fingerprint density at radius 2 is 1.92 bits per heavy atom. The molecule has 0 fully saturated rings. The number of rotatable bonds is 7. The zero-order valence-corrected chi connectivity index (χ0v) is 8.34. The van der Waals surface area contributed by atoms with Gasteiger partial charge in [-0.2, -0.15) is 0 Å². The molecule has 0 saturated carbocycles. The number of hydrogen-bond donors (Lipinski definition) is 0. The first-order valence-electron chi connectivity index (χ1n) is 4.69. The number of carbonyl (C=O) groups excluding carboxylic acids is 2. The maximum absolute atomic E-state index is 10.8. The van der Waals surface area contributed by atoms with Crippen molar-refractivity contribution in [2.24, 2.45) is 0 Å². The van der Waals surface area contributed by atoms with Crippen LogP contribution in [0.15, 0.2) is 0 Å². The summed E-state index contributed by atoms with van der Waals surface area (Å²) in [4.78, 5) is 21.2. The van der Waals surface area contributed by atoms with Crippen molar-refractivity contribution in [3.05, 3.63) is 6.42 Å². The predicted molar refractivity (Wildman–Crippen MR) is 50.1 cm³/mol. The summed E-state index contributed by atoms with van der Waals surface area (Å²) in [5.41, 5.74) is 0. The molecule has 0 unspecified atom stereocenters. The summed E-state index contributed by atoms with van der Waals surface area (Å²) in [6.07, 6.45) is 5.25. The second-order valence-corrected chi connectivity index (χ2v) is 2.98. The van der Waals surface area contributed by atoms with Crippen LogP contribution in [0, 0.1) is 6.42 Å². The van der Waals surface area contributed by atoms with Gasteiger partial charge in [-0.3, -0.25) is 9.59 Å².